The lowest BCUT2D eigenvalue weighted by molar-refractivity contribution is 0.551. The van der Waals surface area contributed by atoms with E-state index in [1.54, 1.807) is 12.4 Å². The van der Waals surface area contributed by atoms with E-state index >= 15 is 0 Å². The van der Waals surface area contributed by atoms with Crippen molar-refractivity contribution in [3.8, 4) is 0 Å². The summed E-state index contributed by atoms with van der Waals surface area (Å²) in [6.45, 7) is 3.51. The minimum absolute atomic E-state index is 0.0323. The van der Waals surface area contributed by atoms with E-state index in [4.69, 9.17) is 0 Å². The van der Waals surface area contributed by atoms with E-state index in [0.29, 0.717) is 6.42 Å². The summed E-state index contributed by atoms with van der Waals surface area (Å²) < 4.78 is 51.9. The number of nitrogens with zero attached hydrogens (tertiary/aromatic N) is 1. The average Bonchev–Trinajstić information content (AvgIpc) is 2.85. The second-order valence-electron chi connectivity index (χ2n) is 5.04. The smallest absolute Gasteiger partial charge is 0.157 e. The summed E-state index contributed by atoms with van der Waals surface area (Å²) in [5.41, 5.74) is 2.53. The van der Waals surface area contributed by atoms with Crippen LogP contribution in [0, 0.1) is 18.6 Å². The van der Waals surface area contributed by atoms with Gasteiger partial charge in [-0.1, -0.05) is 13.0 Å². The van der Waals surface area contributed by atoms with Gasteiger partial charge in [0.05, 0.1) is 22.2 Å². The number of hydrogen-bond donors (Lipinski definition) is 0. The van der Waals surface area contributed by atoms with Crippen molar-refractivity contribution in [3.05, 3.63) is 51.5 Å². The van der Waals surface area contributed by atoms with Crippen LogP contribution < -0.4 is 0 Å². The van der Waals surface area contributed by atoms with Crippen LogP contribution in [0.4, 0.5) is 8.78 Å². The summed E-state index contributed by atoms with van der Waals surface area (Å²) >= 11 is 1.41. The van der Waals surface area contributed by atoms with Crippen molar-refractivity contribution in [2.75, 3.05) is 5.75 Å². The minimum Gasteiger partial charge on any atom is -0.250 e. The summed E-state index contributed by atoms with van der Waals surface area (Å²) in [5.74, 6) is -1.61. The predicted octanol–water partition coefficient (Wildman–Crippen LogP) is 3.84. The maximum Gasteiger partial charge on any atom is 0.157 e. The van der Waals surface area contributed by atoms with Crippen LogP contribution in [0.15, 0.2) is 23.7 Å². The fourth-order valence-electron chi connectivity index (χ4n) is 2.37. The Kier molecular flexibility index (Phi) is 5.28. The molecule has 2 rings (SSSR count). The number of benzene rings is 1. The molecule has 0 aliphatic rings. The molecule has 0 saturated carbocycles. The van der Waals surface area contributed by atoms with Gasteiger partial charge in [-0.05, 0) is 25.8 Å². The van der Waals surface area contributed by atoms with Crippen LogP contribution in [0.2, 0.25) is 0 Å². The van der Waals surface area contributed by atoms with Gasteiger partial charge in [0, 0.05) is 16.5 Å². The normalized spacial score (nSPS) is 13.3. The van der Waals surface area contributed by atoms with Crippen LogP contribution in [0.5, 0.6) is 0 Å². The van der Waals surface area contributed by atoms with Crippen LogP contribution >= 0.6 is 11.3 Å². The highest BCUT2D eigenvalue weighted by molar-refractivity contribution is 7.91. The number of thiazole rings is 1. The Morgan fingerprint density at radius 2 is 2.05 bits per heavy atom. The molecule has 1 aromatic carbocycles. The Labute approximate surface area is 132 Å². The van der Waals surface area contributed by atoms with Crippen LogP contribution in [0.1, 0.15) is 34.7 Å². The van der Waals surface area contributed by atoms with Gasteiger partial charge in [0.15, 0.2) is 9.84 Å². The van der Waals surface area contributed by atoms with E-state index in [0.717, 1.165) is 22.7 Å². The number of aryl methyl sites for hydroxylation is 2. The van der Waals surface area contributed by atoms with E-state index in [2.05, 4.69) is 4.98 Å². The van der Waals surface area contributed by atoms with E-state index in [-0.39, 0.29) is 17.7 Å². The molecule has 0 bridgehead atoms. The van der Waals surface area contributed by atoms with Crippen molar-refractivity contribution >= 4 is 21.2 Å². The highest BCUT2D eigenvalue weighted by atomic mass is 32.2. The van der Waals surface area contributed by atoms with Crippen molar-refractivity contribution in [2.24, 2.45) is 0 Å². The van der Waals surface area contributed by atoms with Gasteiger partial charge in [-0.25, -0.2) is 22.2 Å². The summed E-state index contributed by atoms with van der Waals surface area (Å²) in [6, 6.07) is 3.03. The van der Waals surface area contributed by atoms with Gasteiger partial charge in [0.1, 0.15) is 11.6 Å². The molecule has 22 heavy (non-hydrogen) atoms. The van der Waals surface area contributed by atoms with Crippen LogP contribution in [-0.2, 0) is 16.3 Å². The minimum atomic E-state index is -3.54. The first-order chi connectivity index (χ1) is 10.3. The molecule has 0 amide bonds. The quantitative estimate of drug-likeness (QED) is 0.799. The average molecular weight is 345 g/mol. The Hall–Kier alpha value is -1.34. The lowest BCUT2D eigenvalue weighted by Crippen LogP contribution is -2.19. The molecular weight excluding hydrogens is 328 g/mol. The van der Waals surface area contributed by atoms with Crippen molar-refractivity contribution in [1.82, 2.24) is 4.98 Å². The Morgan fingerprint density at radius 1 is 1.32 bits per heavy atom. The largest absolute Gasteiger partial charge is 0.250 e. The molecular formula is C15H17F2NO2S2. The Bertz CT molecular complexity index is 757. The van der Waals surface area contributed by atoms with Gasteiger partial charge in [-0.2, -0.15) is 0 Å². The second-order valence-corrected chi connectivity index (χ2v) is 8.28. The number of aromatic nitrogens is 1. The predicted molar refractivity (Wildman–Crippen MR) is 83.7 cm³/mol. The van der Waals surface area contributed by atoms with Gasteiger partial charge in [-0.15, -0.1) is 11.3 Å². The molecule has 0 aliphatic heterocycles. The van der Waals surface area contributed by atoms with Crippen LogP contribution in [-0.4, -0.2) is 19.2 Å². The maximum atomic E-state index is 13.9. The lowest BCUT2D eigenvalue weighted by atomic mass is 10.1. The third kappa shape index (κ3) is 3.70. The third-order valence-corrected chi connectivity index (χ3v) is 6.79. The summed E-state index contributed by atoms with van der Waals surface area (Å²) in [6.07, 6.45) is 0.602. The summed E-state index contributed by atoms with van der Waals surface area (Å²) in [7, 11) is -3.54. The lowest BCUT2D eigenvalue weighted by Gasteiger charge is -2.17. The molecule has 3 nitrogen and oxygen atoms in total. The van der Waals surface area contributed by atoms with Gasteiger partial charge in [0.25, 0.3) is 0 Å². The molecule has 1 heterocycles. The fraction of sp³-hybridized carbons (Fsp3) is 0.400. The molecule has 0 aliphatic carbocycles. The Morgan fingerprint density at radius 3 is 2.59 bits per heavy atom. The molecule has 0 fully saturated rings. The molecule has 7 heteroatoms. The third-order valence-electron chi connectivity index (χ3n) is 3.57. The molecule has 0 saturated heterocycles. The van der Waals surface area contributed by atoms with E-state index in [1.165, 1.54) is 17.4 Å². The van der Waals surface area contributed by atoms with Crippen molar-refractivity contribution in [3.63, 3.8) is 0 Å². The molecule has 1 aromatic heterocycles. The molecule has 0 N–H and O–H groups in total. The molecule has 0 unspecified atom stereocenters. The number of halogens is 2. The standard InChI is InChI=1S/C15H17F2NO2S2/c1-3-15(12-5-4-11(16)8-13(12)17)22(19,20)7-6-14-10(2)18-9-21-14/h4-5,8-9,15H,3,6-7H2,1-2H3/t15-/m1/s1. The molecule has 0 spiro atoms. The number of sulfone groups is 1. The second kappa shape index (κ2) is 6.83. The SMILES string of the molecule is CC[C@H](c1ccc(F)cc1F)S(=O)(=O)CCc1scnc1C. The summed E-state index contributed by atoms with van der Waals surface area (Å²) in [5, 5.41) is -0.957. The highest BCUT2D eigenvalue weighted by Crippen LogP contribution is 2.30. The van der Waals surface area contributed by atoms with Crippen molar-refractivity contribution < 1.29 is 17.2 Å². The van der Waals surface area contributed by atoms with Crippen LogP contribution in [0.3, 0.4) is 0 Å². The van der Waals surface area contributed by atoms with E-state index in [9.17, 15) is 17.2 Å². The van der Waals surface area contributed by atoms with Crippen molar-refractivity contribution in [2.45, 2.75) is 31.9 Å². The first-order valence-electron chi connectivity index (χ1n) is 6.90. The van der Waals surface area contributed by atoms with E-state index < -0.39 is 26.7 Å². The zero-order chi connectivity index (χ0) is 16.3. The maximum absolute atomic E-state index is 13.9. The zero-order valence-electron chi connectivity index (χ0n) is 12.3. The van der Waals surface area contributed by atoms with Gasteiger partial charge in [-0.3, -0.25) is 0 Å². The molecule has 120 valence electrons. The topological polar surface area (TPSA) is 47.0 Å². The molecule has 2 aromatic rings. The van der Waals surface area contributed by atoms with Gasteiger partial charge < -0.3 is 0 Å². The first kappa shape index (κ1) is 17.0. The highest BCUT2D eigenvalue weighted by Gasteiger charge is 2.28. The first-order valence-corrected chi connectivity index (χ1v) is 9.50. The number of hydrogen-bond acceptors (Lipinski definition) is 4. The monoisotopic (exact) mass is 345 g/mol. The summed E-state index contributed by atoms with van der Waals surface area (Å²) in [4.78, 5) is 5.00. The fourth-order valence-corrected chi connectivity index (χ4v) is 5.14. The van der Waals surface area contributed by atoms with Crippen molar-refractivity contribution in [1.29, 1.82) is 0 Å². The van der Waals surface area contributed by atoms with Gasteiger partial charge >= 0.3 is 0 Å². The zero-order valence-corrected chi connectivity index (χ0v) is 14.0. The van der Waals surface area contributed by atoms with Gasteiger partial charge in [0.2, 0.25) is 0 Å². The van der Waals surface area contributed by atoms with Crippen LogP contribution in [0.25, 0.3) is 0 Å². The number of rotatable bonds is 6. The molecule has 0 radical (unpaired) electrons. The Balaban J connectivity index is 2.23. The van der Waals surface area contributed by atoms with E-state index in [1.807, 2.05) is 6.92 Å². The molecule has 1 atom stereocenters.